The van der Waals surface area contributed by atoms with Gasteiger partial charge in [-0.05, 0) is 17.2 Å². The van der Waals surface area contributed by atoms with E-state index in [2.05, 4.69) is 4.74 Å². The van der Waals surface area contributed by atoms with Crippen LogP contribution in [0.4, 0.5) is 4.79 Å². The van der Waals surface area contributed by atoms with Gasteiger partial charge in [-0.1, -0.05) is 24.3 Å². The zero-order chi connectivity index (χ0) is 13.5. The number of methoxy groups -OCH3 is 1. The van der Waals surface area contributed by atoms with Crippen LogP contribution in [0, 0.1) is 0 Å². The van der Waals surface area contributed by atoms with Crippen molar-refractivity contribution >= 4 is 6.16 Å². The zero-order valence-electron chi connectivity index (χ0n) is 10.8. The molecule has 19 heavy (non-hydrogen) atoms. The molecule has 5 heteroatoms. The van der Waals surface area contributed by atoms with Gasteiger partial charge < -0.3 is 18.9 Å². The highest BCUT2D eigenvalue weighted by Gasteiger charge is 2.17. The zero-order valence-corrected chi connectivity index (χ0v) is 10.8. The maximum absolute atomic E-state index is 10.7. The minimum absolute atomic E-state index is 0.188. The molecule has 1 fully saturated rings. The molecular formula is C14H16O5. The van der Waals surface area contributed by atoms with E-state index in [-0.39, 0.29) is 6.61 Å². The average molecular weight is 264 g/mol. The first kappa shape index (κ1) is 13.6. The molecule has 0 unspecified atom stereocenters. The number of benzene rings is 1. The summed E-state index contributed by atoms with van der Waals surface area (Å²) >= 11 is 0. The van der Waals surface area contributed by atoms with E-state index in [1.807, 2.05) is 24.3 Å². The van der Waals surface area contributed by atoms with E-state index >= 15 is 0 Å². The van der Waals surface area contributed by atoms with E-state index in [1.54, 1.807) is 13.2 Å². The predicted octanol–water partition coefficient (Wildman–Crippen LogP) is 2.40. The number of carbonyl (C=O) groups excluding carboxylic acids is 1. The number of hydrogen-bond acceptors (Lipinski definition) is 5. The summed E-state index contributed by atoms with van der Waals surface area (Å²) in [5.74, 6) is 0.500. The van der Waals surface area contributed by atoms with Gasteiger partial charge in [0, 0.05) is 7.11 Å². The van der Waals surface area contributed by atoms with Crippen LogP contribution in [-0.4, -0.2) is 26.5 Å². The first-order valence-electron chi connectivity index (χ1n) is 5.96. The average Bonchev–Trinajstić information content (AvgIpc) is 2.83. The van der Waals surface area contributed by atoms with Crippen LogP contribution in [0.25, 0.3) is 0 Å². The summed E-state index contributed by atoms with van der Waals surface area (Å²) in [4.78, 5) is 10.7. The molecule has 5 nitrogen and oxygen atoms in total. The number of cyclic esters (lactones) is 2. The van der Waals surface area contributed by atoms with Gasteiger partial charge >= 0.3 is 6.16 Å². The Balaban J connectivity index is 1.72. The molecular weight excluding hydrogens is 248 g/mol. The molecule has 0 N–H and O–H groups in total. The molecule has 1 aliphatic rings. The molecule has 0 atom stereocenters. The van der Waals surface area contributed by atoms with Crippen LogP contribution in [0.2, 0.25) is 0 Å². The summed E-state index contributed by atoms with van der Waals surface area (Å²) < 4.78 is 19.9. The van der Waals surface area contributed by atoms with Gasteiger partial charge in [-0.25, -0.2) is 4.79 Å². The van der Waals surface area contributed by atoms with Crippen LogP contribution in [0.15, 0.2) is 36.1 Å². The third-order valence-electron chi connectivity index (χ3n) is 2.58. The summed E-state index contributed by atoms with van der Waals surface area (Å²) in [5.41, 5.74) is 2.21. The maximum Gasteiger partial charge on any atom is 0.514 e. The van der Waals surface area contributed by atoms with Gasteiger partial charge in [-0.15, -0.1) is 0 Å². The SMILES string of the molecule is COCc1ccc(COCC=C2COC(=O)O2)cc1. The molecule has 0 spiro atoms. The monoisotopic (exact) mass is 264 g/mol. The van der Waals surface area contributed by atoms with Crippen molar-refractivity contribution in [2.45, 2.75) is 13.2 Å². The molecule has 1 heterocycles. The molecule has 2 rings (SSSR count). The van der Waals surface area contributed by atoms with Gasteiger partial charge in [0.1, 0.15) is 5.76 Å². The van der Waals surface area contributed by atoms with Crippen LogP contribution in [-0.2, 0) is 32.2 Å². The van der Waals surface area contributed by atoms with Crippen LogP contribution < -0.4 is 0 Å². The fraction of sp³-hybridized carbons (Fsp3) is 0.357. The molecule has 1 aliphatic heterocycles. The lowest BCUT2D eigenvalue weighted by Crippen LogP contribution is -1.96. The normalized spacial score (nSPS) is 16.5. The smallest absolute Gasteiger partial charge is 0.426 e. The first-order chi connectivity index (χ1) is 9.28. The second kappa shape index (κ2) is 6.92. The van der Waals surface area contributed by atoms with E-state index < -0.39 is 6.16 Å². The summed E-state index contributed by atoms with van der Waals surface area (Å²) in [7, 11) is 1.67. The van der Waals surface area contributed by atoms with Crippen LogP contribution in [0.5, 0.6) is 0 Å². The van der Waals surface area contributed by atoms with E-state index in [9.17, 15) is 4.79 Å². The minimum Gasteiger partial charge on any atom is -0.426 e. The largest absolute Gasteiger partial charge is 0.514 e. The van der Waals surface area contributed by atoms with Crippen molar-refractivity contribution in [1.29, 1.82) is 0 Å². The van der Waals surface area contributed by atoms with E-state index in [0.717, 1.165) is 11.1 Å². The van der Waals surface area contributed by atoms with Crippen LogP contribution in [0.1, 0.15) is 11.1 Å². The fourth-order valence-corrected chi connectivity index (χ4v) is 1.62. The van der Waals surface area contributed by atoms with Crippen molar-refractivity contribution in [3.63, 3.8) is 0 Å². The molecule has 0 aliphatic carbocycles. The lowest BCUT2D eigenvalue weighted by molar-refractivity contribution is 0.134. The lowest BCUT2D eigenvalue weighted by Gasteiger charge is -2.04. The third kappa shape index (κ3) is 4.39. The van der Waals surface area contributed by atoms with Gasteiger partial charge in [0.15, 0.2) is 6.61 Å². The van der Waals surface area contributed by atoms with Crippen molar-refractivity contribution in [1.82, 2.24) is 0 Å². The summed E-state index contributed by atoms with van der Waals surface area (Å²) in [6, 6.07) is 8.01. The quantitative estimate of drug-likeness (QED) is 0.583. The summed E-state index contributed by atoms with van der Waals surface area (Å²) in [5, 5.41) is 0. The Morgan fingerprint density at radius 2 is 1.89 bits per heavy atom. The topological polar surface area (TPSA) is 54.0 Å². The highest BCUT2D eigenvalue weighted by molar-refractivity contribution is 5.64. The van der Waals surface area contributed by atoms with Crippen molar-refractivity contribution < 1.29 is 23.7 Å². The molecule has 1 aromatic rings. The minimum atomic E-state index is -0.653. The predicted molar refractivity (Wildman–Crippen MR) is 67.3 cm³/mol. The second-order valence-electron chi connectivity index (χ2n) is 4.08. The number of ether oxygens (including phenoxy) is 4. The Morgan fingerprint density at radius 3 is 2.47 bits per heavy atom. The molecule has 0 aromatic heterocycles. The second-order valence-corrected chi connectivity index (χ2v) is 4.08. The summed E-state index contributed by atoms with van der Waals surface area (Å²) in [6.45, 7) is 1.68. The van der Waals surface area contributed by atoms with Crippen LogP contribution in [0.3, 0.4) is 0 Å². The number of rotatable bonds is 6. The number of carbonyl (C=O) groups is 1. The Hall–Kier alpha value is -1.85. The third-order valence-corrected chi connectivity index (χ3v) is 2.58. The van der Waals surface area contributed by atoms with Gasteiger partial charge in [-0.3, -0.25) is 0 Å². The Kier molecular flexibility index (Phi) is 4.94. The van der Waals surface area contributed by atoms with Gasteiger partial charge in [-0.2, -0.15) is 0 Å². The number of hydrogen-bond donors (Lipinski definition) is 0. The molecule has 0 radical (unpaired) electrons. The maximum atomic E-state index is 10.7. The Labute approximate surface area is 111 Å². The first-order valence-corrected chi connectivity index (χ1v) is 5.96. The highest BCUT2D eigenvalue weighted by atomic mass is 16.8. The van der Waals surface area contributed by atoms with E-state index in [0.29, 0.717) is 25.6 Å². The van der Waals surface area contributed by atoms with E-state index in [1.165, 1.54) is 0 Å². The Bertz CT molecular complexity index is 449. The van der Waals surface area contributed by atoms with Crippen LogP contribution >= 0.6 is 0 Å². The molecule has 0 amide bonds. The van der Waals surface area contributed by atoms with Gasteiger partial charge in [0.05, 0.1) is 19.8 Å². The van der Waals surface area contributed by atoms with Gasteiger partial charge in [0.25, 0.3) is 0 Å². The van der Waals surface area contributed by atoms with Crippen molar-refractivity contribution in [3.8, 4) is 0 Å². The summed E-state index contributed by atoms with van der Waals surface area (Å²) in [6.07, 6.45) is 1.05. The molecule has 0 saturated carbocycles. The van der Waals surface area contributed by atoms with Crippen molar-refractivity contribution in [2.75, 3.05) is 20.3 Å². The fourth-order valence-electron chi connectivity index (χ4n) is 1.62. The molecule has 102 valence electrons. The van der Waals surface area contributed by atoms with Crippen molar-refractivity contribution in [2.24, 2.45) is 0 Å². The van der Waals surface area contributed by atoms with E-state index in [4.69, 9.17) is 14.2 Å². The molecule has 1 saturated heterocycles. The Morgan fingerprint density at radius 1 is 1.21 bits per heavy atom. The standard InChI is InChI=1S/C14H16O5/c1-16-8-11-2-4-12(5-3-11)9-17-7-6-13-10-18-14(15)19-13/h2-6H,7-10H2,1H3. The molecule has 0 bridgehead atoms. The lowest BCUT2D eigenvalue weighted by atomic mass is 10.1. The highest BCUT2D eigenvalue weighted by Crippen LogP contribution is 2.10. The van der Waals surface area contributed by atoms with Crippen molar-refractivity contribution in [3.05, 3.63) is 47.2 Å². The van der Waals surface area contributed by atoms with Gasteiger partial charge in [0.2, 0.25) is 0 Å². The molecule has 1 aromatic carbocycles.